The molecule has 3 atom stereocenters. The number of primary amides is 1. The molecule has 2 aromatic rings. The third-order valence-electron chi connectivity index (χ3n) is 7.42. The molecular formula is C34H50N6O4S. The standard InChI is InChI=1S/C19H21N3O.C10H17N3O2S.C5H12O/c1-12(2)11-22-19(23)6-13(3)14-4-5-15-9-18(21)17(10-20)8-16(15)7-14;11-8(14)4-2-1-3-7-9-6(5-16-7)12-10(15)13-9;1-5(2)3-4-6/h4-9,12H,11,21H2,1-3H3,(H,22,23);6-7,9H,1-5H2,(H2,11,14)(H2,12,13,15);5-6H,3-4H2,1-2H3/b13-6+;;. The molecule has 0 saturated carbocycles. The van der Waals surface area contributed by atoms with Crippen molar-refractivity contribution in [2.45, 2.75) is 84.1 Å². The summed E-state index contributed by atoms with van der Waals surface area (Å²) in [4.78, 5) is 33.6. The van der Waals surface area contributed by atoms with E-state index in [0.29, 0.717) is 54.0 Å². The minimum Gasteiger partial charge on any atom is -0.398 e. The van der Waals surface area contributed by atoms with Gasteiger partial charge in [-0.3, -0.25) is 9.59 Å². The first-order valence-corrected chi connectivity index (χ1v) is 16.7. The lowest BCUT2D eigenvalue weighted by atomic mass is 9.99. The minimum atomic E-state index is -0.229. The number of hydrogen-bond acceptors (Lipinski definition) is 7. The lowest BCUT2D eigenvalue weighted by Gasteiger charge is -2.16. The second-order valence-electron chi connectivity index (χ2n) is 12.3. The number of nitrogens with one attached hydrogen (secondary N) is 3. The Morgan fingerprint density at radius 1 is 1.13 bits per heavy atom. The van der Waals surface area contributed by atoms with Gasteiger partial charge in [-0.25, -0.2) is 4.79 Å². The SMILES string of the molecule is C/C(=C\C(=O)NCC(C)C)c1ccc2cc(N)c(C#N)cc2c1.CC(C)CCO.NC(=O)CCCCC1SCC2NC(=O)NC21. The van der Waals surface area contributed by atoms with Gasteiger partial charge in [-0.1, -0.05) is 46.2 Å². The molecular weight excluding hydrogens is 588 g/mol. The Kier molecular flexibility index (Phi) is 15.7. The van der Waals surface area contributed by atoms with Crippen LogP contribution in [0.4, 0.5) is 10.5 Å². The first kappa shape index (κ1) is 37.4. The fourth-order valence-electron chi connectivity index (χ4n) is 4.84. The van der Waals surface area contributed by atoms with Crippen LogP contribution in [0.3, 0.4) is 0 Å². The van der Waals surface area contributed by atoms with E-state index in [1.807, 2.05) is 36.9 Å². The fourth-order valence-corrected chi connectivity index (χ4v) is 6.38. The maximum absolute atomic E-state index is 11.9. The van der Waals surface area contributed by atoms with Crippen LogP contribution in [0.2, 0.25) is 0 Å². The van der Waals surface area contributed by atoms with Crippen LogP contribution in [0, 0.1) is 23.2 Å². The molecule has 4 rings (SSSR count). The summed E-state index contributed by atoms with van der Waals surface area (Å²) >= 11 is 1.90. The summed E-state index contributed by atoms with van der Waals surface area (Å²) < 4.78 is 0. The molecule has 0 spiro atoms. The van der Waals surface area contributed by atoms with E-state index < -0.39 is 0 Å². The highest BCUT2D eigenvalue weighted by Crippen LogP contribution is 2.33. The lowest BCUT2D eigenvalue weighted by molar-refractivity contribution is -0.118. The van der Waals surface area contributed by atoms with Gasteiger partial charge in [-0.05, 0) is 78.1 Å². The van der Waals surface area contributed by atoms with Crippen molar-refractivity contribution in [3.63, 3.8) is 0 Å². The Labute approximate surface area is 271 Å². The Bertz CT molecular complexity index is 1370. The predicted molar refractivity (Wildman–Crippen MR) is 184 cm³/mol. The maximum Gasteiger partial charge on any atom is 0.315 e. The van der Waals surface area contributed by atoms with E-state index >= 15 is 0 Å². The van der Waals surface area contributed by atoms with E-state index in [9.17, 15) is 14.4 Å². The first-order valence-electron chi connectivity index (χ1n) is 15.6. The molecule has 2 fully saturated rings. The van der Waals surface area contributed by atoms with E-state index in [1.54, 1.807) is 18.2 Å². The molecule has 11 heteroatoms. The molecule has 4 amide bonds. The highest BCUT2D eigenvalue weighted by molar-refractivity contribution is 8.00. The number of aliphatic hydroxyl groups excluding tert-OH is 1. The number of thioether (sulfide) groups is 1. The van der Waals surface area contributed by atoms with E-state index in [1.165, 1.54) is 0 Å². The van der Waals surface area contributed by atoms with Crippen molar-refractivity contribution in [2.75, 3.05) is 24.6 Å². The lowest BCUT2D eigenvalue weighted by Crippen LogP contribution is -2.36. The number of carbonyl (C=O) groups is 3. The van der Waals surface area contributed by atoms with Gasteiger partial charge in [0.05, 0.1) is 23.3 Å². The molecule has 3 unspecified atom stereocenters. The summed E-state index contributed by atoms with van der Waals surface area (Å²) in [6.07, 6.45) is 5.90. The summed E-state index contributed by atoms with van der Waals surface area (Å²) in [5.41, 5.74) is 13.7. The average Bonchev–Trinajstić information content (AvgIpc) is 3.53. The summed E-state index contributed by atoms with van der Waals surface area (Å²) in [6.45, 7) is 11.2. The predicted octanol–water partition coefficient (Wildman–Crippen LogP) is 4.69. The monoisotopic (exact) mass is 638 g/mol. The second-order valence-corrected chi connectivity index (χ2v) is 13.6. The smallest absolute Gasteiger partial charge is 0.315 e. The van der Waals surface area contributed by atoms with Crippen molar-refractivity contribution in [1.29, 1.82) is 5.26 Å². The number of rotatable bonds is 11. The van der Waals surface area contributed by atoms with Crippen molar-refractivity contribution in [2.24, 2.45) is 17.6 Å². The van der Waals surface area contributed by atoms with Crippen molar-refractivity contribution in [1.82, 2.24) is 16.0 Å². The van der Waals surface area contributed by atoms with Crippen LogP contribution < -0.4 is 27.4 Å². The average molecular weight is 639 g/mol. The number of amides is 4. The molecule has 2 saturated heterocycles. The molecule has 2 aromatic carbocycles. The number of nitriles is 1. The van der Waals surface area contributed by atoms with Gasteiger partial charge in [-0.15, -0.1) is 0 Å². The van der Waals surface area contributed by atoms with Gasteiger partial charge in [0.1, 0.15) is 6.07 Å². The van der Waals surface area contributed by atoms with Crippen molar-refractivity contribution >= 4 is 51.6 Å². The van der Waals surface area contributed by atoms with Crippen molar-refractivity contribution in [3.05, 3.63) is 47.5 Å². The zero-order chi connectivity index (χ0) is 33.5. The molecule has 0 radical (unpaired) electrons. The molecule has 0 bridgehead atoms. The molecule has 45 heavy (non-hydrogen) atoms. The summed E-state index contributed by atoms with van der Waals surface area (Å²) in [5.74, 6) is 1.74. The number of nitrogen functional groups attached to an aromatic ring is 1. The van der Waals surface area contributed by atoms with Crippen LogP contribution in [0.15, 0.2) is 36.4 Å². The van der Waals surface area contributed by atoms with Gasteiger partial charge in [0.15, 0.2) is 0 Å². The summed E-state index contributed by atoms with van der Waals surface area (Å²) in [6, 6.07) is 12.1. The molecule has 10 nitrogen and oxygen atoms in total. The summed E-state index contributed by atoms with van der Waals surface area (Å²) in [7, 11) is 0. The Hall–Kier alpha value is -3.75. The Morgan fingerprint density at radius 3 is 2.47 bits per heavy atom. The number of urea groups is 1. The number of allylic oxidation sites excluding steroid dienone is 1. The number of nitrogens with zero attached hydrogens (tertiary/aromatic N) is 1. The van der Waals surface area contributed by atoms with Gasteiger partial charge in [-0.2, -0.15) is 17.0 Å². The van der Waals surface area contributed by atoms with Crippen LogP contribution in [-0.4, -0.2) is 59.2 Å². The number of unbranched alkanes of at least 4 members (excludes halogenated alkanes) is 1. The molecule has 2 aliphatic heterocycles. The highest BCUT2D eigenvalue weighted by atomic mass is 32.2. The Morgan fingerprint density at radius 2 is 1.87 bits per heavy atom. The van der Waals surface area contributed by atoms with Crippen molar-refractivity contribution < 1.29 is 19.5 Å². The minimum absolute atomic E-state index is 0.0440. The van der Waals surface area contributed by atoms with Gasteiger partial charge in [0.25, 0.3) is 0 Å². The number of hydrogen-bond donors (Lipinski definition) is 6. The third kappa shape index (κ3) is 13.0. The number of benzene rings is 2. The van der Waals surface area contributed by atoms with E-state index in [2.05, 4.69) is 49.7 Å². The highest BCUT2D eigenvalue weighted by Gasteiger charge is 2.42. The number of nitrogens with two attached hydrogens (primary N) is 2. The number of aliphatic hydroxyl groups is 1. The topological polar surface area (TPSA) is 183 Å². The number of anilines is 1. The van der Waals surface area contributed by atoms with Crippen molar-refractivity contribution in [3.8, 4) is 6.07 Å². The molecule has 2 heterocycles. The maximum atomic E-state index is 11.9. The zero-order valence-electron chi connectivity index (χ0n) is 27.2. The summed E-state index contributed by atoms with van der Waals surface area (Å²) in [5, 5.41) is 28.4. The number of carbonyl (C=O) groups excluding carboxylic acids is 3. The third-order valence-corrected chi connectivity index (χ3v) is 8.93. The molecule has 2 aliphatic rings. The van der Waals surface area contributed by atoms with Crippen LogP contribution in [0.5, 0.6) is 0 Å². The van der Waals surface area contributed by atoms with Gasteiger partial charge in [0.2, 0.25) is 11.8 Å². The zero-order valence-corrected chi connectivity index (χ0v) is 28.0. The van der Waals surface area contributed by atoms with Gasteiger partial charge >= 0.3 is 6.03 Å². The Balaban J connectivity index is 0.000000277. The van der Waals surface area contributed by atoms with Crippen LogP contribution >= 0.6 is 11.8 Å². The van der Waals surface area contributed by atoms with E-state index in [-0.39, 0.29) is 23.9 Å². The molecule has 8 N–H and O–H groups in total. The van der Waals surface area contributed by atoms with Gasteiger partial charge < -0.3 is 32.5 Å². The number of fused-ring (bicyclic) bond motifs is 2. The normalized spacial score (nSPS) is 18.6. The van der Waals surface area contributed by atoms with Crippen LogP contribution in [0.1, 0.15) is 77.8 Å². The largest absolute Gasteiger partial charge is 0.398 e. The van der Waals surface area contributed by atoms with E-state index in [4.69, 9.17) is 21.8 Å². The fraction of sp³-hybridized carbons (Fsp3) is 0.529. The second kappa shape index (κ2) is 18.9. The molecule has 246 valence electrons. The van der Waals surface area contributed by atoms with Gasteiger partial charge in [0, 0.05) is 36.7 Å². The van der Waals surface area contributed by atoms with Crippen LogP contribution in [0.25, 0.3) is 16.3 Å². The van der Waals surface area contributed by atoms with Crippen LogP contribution in [-0.2, 0) is 9.59 Å². The van der Waals surface area contributed by atoms with E-state index in [0.717, 1.165) is 53.3 Å². The molecule has 0 aliphatic carbocycles. The molecule has 0 aromatic heterocycles. The quantitative estimate of drug-likeness (QED) is 0.0892. The first-order chi connectivity index (χ1) is 21.3.